The number of halogens is 1. The van der Waals surface area contributed by atoms with Crippen LogP contribution in [0.2, 0.25) is 0 Å². The maximum Gasteiger partial charge on any atom is 0.116 e. The first-order chi connectivity index (χ1) is 13.3. The van der Waals surface area contributed by atoms with Crippen LogP contribution in [0.4, 0.5) is 0 Å². The van der Waals surface area contributed by atoms with Gasteiger partial charge in [0.15, 0.2) is 0 Å². The largest absolute Gasteiger partial charge is 1.00 e. The minimum atomic E-state index is -1.81. The second kappa shape index (κ2) is 9.20. The summed E-state index contributed by atoms with van der Waals surface area (Å²) >= 11 is 0. The Bertz CT molecular complexity index is 959. The molecule has 0 aliphatic heterocycles. The van der Waals surface area contributed by atoms with E-state index >= 15 is 0 Å². The van der Waals surface area contributed by atoms with Crippen molar-refractivity contribution in [1.29, 1.82) is 0 Å². The van der Waals surface area contributed by atoms with Crippen LogP contribution in [0.3, 0.4) is 0 Å². The van der Waals surface area contributed by atoms with E-state index in [1.54, 1.807) is 0 Å². The summed E-state index contributed by atoms with van der Waals surface area (Å²) in [5.74, 6) is 0. The highest BCUT2D eigenvalue weighted by molar-refractivity contribution is 7.95. The van der Waals surface area contributed by atoms with Crippen LogP contribution < -0.4 is 28.3 Å². The number of benzene rings is 4. The smallest absolute Gasteiger partial charge is 0.116 e. The molecule has 0 aliphatic rings. The zero-order chi connectivity index (χ0) is 18.5. The Morgan fingerprint density at radius 1 is 0.536 bits per heavy atom. The van der Waals surface area contributed by atoms with Crippen LogP contribution in [0.5, 0.6) is 0 Å². The second-order valence-electron chi connectivity index (χ2n) is 6.91. The van der Waals surface area contributed by atoms with Gasteiger partial charge in [0, 0.05) is 0 Å². The molecule has 0 fully saturated rings. The number of hydrogen-bond acceptors (Lipinski definition) is 0. The Morgan fingerprint density at radius 2 is 0.964 bits per heavy atom. The Hall–Kier alpha value is -2.40. The van der Waals surface area contributed by atoms with E-state index in [9.17, 15) is 0 Å². The molecule has 0 aliphatic carbocycles. The fourth-order valence-electron chi connectivity index (χ4n) is 3.91. The van der Waals surface area contributed by atoms with Crippen LogP contribution in [-0.2, 0) is 6.16 Å². The van der Waals surface area contributed by atoms with E-state index in [0.29, 0.717) is 0 Å². The molecule has 0 aromatic heterocycles. The fraction of sp³-hybridized carbons (Fsp3) is 0.0769. The maximum absolute atomic E-state index is 2.34. The average Bonchev–Trinajstić information content (AvgIpc) is 2.75. The van der Waals surface area contributed by atoms with Crippen molar-refractivity contribution in [3.05, 3.63) is 126 Å². The summed E-state index contributed by atoms with van der Waals surface area (Å²) in [4.78, 5) is 0. The first-order valence-electron chi connectivity index (χ1n) is 9.40. The summed E-state index contributed by atoms with van der Waals surface area (Å²) in [6.45, 7) is 2.25. The topological polar surface area (TPSA) is 0 Å². The normalized spacial score (nSPS) is 10.9. The third kappa shape index (κ3) is 3.90. The predicted octanol–water partition coefficient (Wildman–Crippen LogP) is 2.49. The molecule has 0 saturated heterocycles. The average molecular weight is 403 g/mol. The van der Waals surface area contributed by atoms with Gasteiger partial charge in [0.1, 0.15) is 23.2 Å². The van der Waals surface area contributed by atoms with Crippen LogP contribution in [-0.4, -0.2) is 0 Å². The van der Waals surface area contributed by atoms with Gasteiger partial charge in [-0.05, 0) is 48.4 Å². The summed E-state index contributed by atoms with van der Waals surface area (Å²) in [7, 11) is -1.81. The van der Waals surface area contributed by atoms with E-state index in [1.807, 2.05) is 0 Å². The Morgan fingerprint density at radius 3 is 1.46 bits per heavy atom. The summed E-state index contributed by atoms with van der Waals surface area (Å²) in [5, 5.41) is 4.36. The van der Waals surface area contributed by atoms with Crippen molar-refractivity contribution < 1.29 is 12.4 Å². The second-order valence-corrected chi connectivity index (χ2v) is 10.4. The van der Waals surface area contributed by atoms with Crippen molar-refractivity contribution in [3.63, 3.8) is 0 Å². The van der Waals surface area contributed by atoms with Gasteiger partial charge in [-0.15, -0.1) is 0 Å². The third-order valence-corrected chi connectivity index (χ3v) is 9.71. The van der Waals surface area contributed by atoms with Gasteiger partial charge < -0.3 is 12.4 Å². The zero-order valence-electron chi connectivity index (χ0n) is 16.0. The van der Waals surface area contributed by atoms with E-state index in [0.717, 1.165) is 6.16 Å². The van der Waals surface area contributed by atoms with Gasteiger partial charge in [0.05, 0.1) is 6.16 Å². The first-order valence-corrected chi connectivity index (χ1v) is 11.4. The molecule has 4 rings (SSSR count). The number of aryl methyl sites for hydroxylation is 1. The molecule has 0 saturated carbocycles. The number of rotatable bonds is 5. The Labute approximate surface area is 175 Å². The van der Waals surface area contributed by atoms with Crippen LogP contribution in [0, 0.1) is 6.92 Å². The molecule has 2 heteroatoms. The summed E-state index contributed by atoms with van der Waals surface area (Å²) in [6.07, 6.45) is 1.03. The third-order valence-electron chi connectivity index (χ3n) is 5.18. The van der Waals surface area contributed by atoms with Crippen LogP contribution in [0.1, 0.15) is 11.1 Å². The van der Waals surface area contributed by atoms with Gasteiger partial charge in [-0.2, -0.15) is 0 Å². The molecule has 0 heterocycles. The lowest BCUT2D eigenvalue weighted by atomic mass is 10.2. The summed E-state index contributed by atoms with van der Waals surface area (Å²) in [6, 6.07) is 42.0. The SMILES string of the molecule is Cc1ccccc1[P+](Cc1ccccc1)(c1ccccc1)c1ccccc1.[Cl-]. The van der Waals surface area contributed by atoms with Crippen molar-refractivity contribution in [2.75, 3.05) is 0 Å². The maximum atomic E-state index is 2.34. The van der Waals surface area contributed by atoms with Crippen LogP contribution >= 0.6 is 7.26 Å². The van der Waals surface area contributed by atoms with Gasteiger partial charge in [0.25, 0.3) is 0 Å². The minimum Gasteiger partial charge on any atom is -1.00 e. The molecule has 0 spiro atoms. The van der Waals surface area contributed by atoms with E-state index < -0.39 is 7.26 Å². The molecule has 4 aromatic rings. The van der Waals surface area contributed by atoms with E-state index in [2.05, 4.69) is 122 Å². The van der Waals surface area contributed by atoms with E-state index in [1.165, 1.54) is 27.0 Å². The van der Waals surface area contributed by atoms with Crippen molar-refractivity contribution >= 4 is 23.2 Å². The van der Waals surface area contributed by atoms with Gasteiger partial charge in [-0.3, -0.25) is 0 Å². The van der Waals surface area contributed by atoms with Gasteiger partial charge in [-0.1, -0.05) is 84.9 Å². The molecule has 0 radical (unpaired) electrons. The lowest BCUT2D eigenvalue weighted by Crippen LogP contribution is -3.00. The Kier molecular flexibility index (Phi) is 6.68. The van der Waals surface area contributed by atoms with E-state index in [4.69, 9.17) is 0 Å². The van der Waals surface area contributed by atoms with E-state index in [-0.39, 0.29) is 12.4 Å². The van der Waals surface area contributed by atoms with Gasteiger partial charge >= 0.3 is 0 Å². The van der Waals surface area contributed by atoms with Crippen molar-refractivity contribution in [1.82, 2.24) is 0 Å². The molecule has 28 heavy (non-hydrogen) atoms. The first kappa shape index (κ1) is 20.3. The quantitative estimate of drug-likeness (QED) is 0.450. The van der Waals surface area contributed by atoms with Gasteiger partial charge in [0.2, 0.25) is 0 Å². The lowest BCUT2D eigenvalue weighted by Gasteiger charge is -2.29. The molecule has 0 amide bonds. The van der Waals surface area contributed by atoms with Crippen LogP contribution in [0.15, 0.2) is 115 Å². The fourth-order valence-corrected chi connectivity index (χ4v) is 8.44. The molecule has 0 nitrogen and oxygen atoms in total. The molecule has 140 valence electrons. The molecular formula is C26H24ClP. The summed E-state index contributed by atoms with van der Waals surface area (Å²) < 4.78 is 0. The molecule has 0 N–H and O–H groups in total. The minimum absolute atomic E-state index is 0. The van der Waals surface area contributed by atoms with Crippen LogP contribution in [0.25, 0.3) is 0 Å². The molecule has 0 bridgehead atoms. The Balaban J connectivity index is 0.00000225. The molecule has 0 unspecified atom stereocenters. The highest BCUT2D eigenvalue weighted by Gasteiger charge is 2.46. The monoisotopic (exact) mass is 402 g/mol. The lowest BCUT2D eigenvalue weighted by molar-refractivity contribution is -0.00000531. The summed E-state index contributed by atoms with van der Waals surface area (Å²) in [5.41, 5.74) is 2.76. The predicted molar refractivity (Wildman–Crippen MR) is 120 cm³/mol. The van der Waals surface area contributed by atoms with Gasteiger partial charge in [-0.25, -0.2) is 0 Å². The molecule has 0 atom stereocenters. The van der Waals surface area contributed by atoms with Crippen molar-refractivity contribution in [2.45, 2.75) is 13.1 Å². The number of hydrogen-bond donors (Lipinski definition) is 0. The highest BCUT2D eigenvalue weighted by atomic mass is 35.5. The molecule has 4 aromatic carbocycles. The van der Waals surface area contributed by atoms with Crippen molar-refractivity contribution in [3.8, 4) is 0 Å². The molecular weight excluding hydrogens is 379 g/mol. The van der Waals surface area contributed by atoms with Crippen molar-refractivity contribution in [2.24, 2.45) is 0 Å². The standard InChI is InChI=1S/C26H24P.ClH/c1-22-13-11-12-20-26(22)27(24-16-7-3-8-17-24,25-18-9-4-10-19-25)21-23-14-5-2-6-15-23;/h2-20H,21H2,1H3;1H/q+1;/p-1. The zero-order valence-corrected chi connectivity index (χ0v) is 17.7. The highest BCUT2D eigenvalue weighted by Crippen LogP contribution is 2.58.